The van der Waals surface area contributed by atoms with Crippen molar-refractivity contribution in [2.75, 3.05) is 7.05 Å². The number of carbonyl (C=O) groups is 3. The van der Waals surface area contributed by atoms with Gasteiger partial charge in [-0.25, -0.2) is 5.01 Å². The van der Waals surface area contributed by atoms with Crippen LogP contribution in [0.15, 0.2) is 30.3 Å². The third kappa shape index (κ3) is 3.00. The molecule has 1 saturated heterocycles. The van der Waals surface area contributed by atoms with Gasteiger partial charge in [0.25, 0.3) is 11.8 Å². The molecule has 3 N–H and O–H groups in total. The van der Waals surface area contributed by atoms with Gasteiger partial charge in [0, 0.05) is 12.6 Å². The highest BCUT2D eigenvalue weighted by molar-refractivity contribution is 7.80. The summed E-state index contributed by atoms with van der Waals surface area (Å²) in [7, 11) is 1.48. The van der Waals surface area contributed by atoms with E-state index in [1.165, 1.54) is 17.0 Å². The standard InChI is InChI=1S/C13H14N4O3S/c1-16-12(20)9(7-10(14)18)17(13(16)21)15-11(19)8-5-3-2-4-6-8/h2-6,9H,7H2,1H3,(H2,14,18)(H,15,19). The molecule has 1 aromatic rings. The Morgan fingerprint density at radius 2 is 1.95 bits per heavy atom. The molecule has 0 saturated carbocycles. The molecule has 1 unspecified atom stereocenters. The lowest BCUT2D eigenvalue weighted by molar-refractivity contribution is -0.130. The molecule has 0 bridgehead atoms. The number of rotatable bonds is 4. The third-order valence-electron chi connectivity index (χ3n) is 3.07. The SMILES string of the molecule is CN1C(=O)C(CC(N)=O)N(NC(=O)c2ccccc2)C1=S. The fourth-order valence-electron chi connectivity index (χ4n) is 1.98. The number of amides is 3. The highest BCUT2D eigenvalue weighted by Crippen LogP contribution is 2.17. The van der Waals surface area contributed by atoms with E-state index in [2.05, 4.69) is 5.43 Å². The topological polar surface area (TPSA) is 95.7 Å². The van der Waals surface area contributed by atoms with Gasteiger partial charge >= 0.3 is 0 Å². The smallest absolute Gasteiger partial charge is 0.269 e. The summed E-state index contributed by atoms with van der Waals surface area (Å²) in [6.07, 6.45) is -0.224. The fourth-order valence-corrected chi connectivity index (χ4v) is 2.24. The van der Waals surface area contributed by atoms with Crippen LogP contribution in [0.2, 0.25) is 0 Å². The first kappa shape index (κ1) is 14.9. The summed E-state index contributed by atoms with van der Waals surface area (Å²) < 4.78 is 0. The third-order valence-corrected chi connectivity index (χ3v) is 3.54. The van der Waals surface area contributed by atoms with Crippen molar-refractivity contribution in [1.82, 2.24) is 15.3 Å². The van der Waals surface area contributed by atoms with E-state index in [0.29, 0.717) is 5.56 Å². The lowest BCUT2D eigenvalue weighted by Crippen LogP contribution is -2.49. The van der Waals surface area contributed by atoms with Crippen molar-refractivity contribution in [3.63, 3.8) is 0 Å². The molecule has 1 aromatic carbocycles. The maximum atomic E-state index is 12.1. The molecular weight excluding hydrogens is 292 g/mol. The number of primary amides is 1. The van der Waals surface area contributed by atoms with Crippen molar-refractivity contribution >= 4 is 35.1 Å². The largest absolute Gasteiger partial charge is 0.370 e. The van der Waals surface area contributed by atoms with E-state index in [-0.39, 0.29) is 17.4 Å². The Morgan fingerprint density at radius 1 is 1.33 bits per heavy atom. The highest BCUT2D eigenvalue weighted by atomic mass is 32.1. The van der Waals surface area contributed by atoms with Crippen molar-refractivity contribution in [3.8, 4) is 0 Å². The van der Waals surface area contributed by atoms with Gasteiger partial charge in [-0.1, -0.05) is 18.2 Å². The minimum atomic E-state index is -0.910. The number of hydrogen-bond acceptors (Lipinski definition) is 4. The Morgan fingerprint density at radius 3 is 2.52 bits per heavy atom. The van der Waals surface area contributed by atoms with Crippen LogP contribution in [0, 0.1) is 0 Å². The average molecular weight is 306 g/mol. The van der Waals surface area contributed by atoms with Crippen LogP contribution in [0.4, 0.5) is 0 Å². The van der Waals surface area contributed by atoms with E-state index < -0.39 is 17.9 Å². The molecule has 0 radical (unpaired) electrons. The van der Waals surface area contributed by atoms with Gasteiger partial charge in [0.2, 0.25) is 5.91 Å². The van der Waals surface area contributed by atoms with Gasteiger partial charge in [-0.3, -0.25) is 24.7 Å². The summed E-state index contributed by atoms with van der Waals surface area (Å²) >= 11 is 5.10. The van der Waals surface area contributed by atoms with Crippen molar-refractivity contribution in [1.29, 1.82) is 0 Å². The second-order valence-corrected chi connectivity index (χ2v) is 4.91. The normalized spacial score (nSPS) is 18.0. The summed E-state index contributed by atoms with van der Waals surface area (Å²) in [5.74, 6) is -1.45. The number of nitrogens with zero attached hydrogens (tertiary/aromatic N) is 2. The number of carbonyl (C=O) groups excluding carboxylic acids is 3. The maximum absolute atomic E-state index is 12.1. The van der Waals surface area contributed by atoms with Crippen LogP contribution in [0.5, 0.6) is 0 Å². The summed E-state index contributed by atoms with van der Waals surface area (Å²) in [4.78, 5) is 36.4. The molecule has 1 fully saturated rings. The van der Waals surface area contributed by atoms with Crippen LogP contribution < -0.4 is 11.2 Å². The van der Waals surface area contributed by atoms with Gasteiger partial charge in [-0.15, -0.1) is 0 Å². The van der Waals surface area contributed by atoms with E-state index in [9.17, 15) is 14.4 Å². The van der Waals surface area contributed by atoms with Crippen LogP contribution in [0.3, 0.4) is 0 Å². The van der Waals surface area contributed by atoms with E-state index in [0.717, 1.165) is 0 Å². The molecule has 7 nitrogen and oxygen atoms in total. The Labute approximate surface area is 126 Å². The second kappa shape index (κ2) is 5.88. The van der Waals surface area contributed by atoms with Gasteiger partial charge in [0.1, 0.15) is 6.04 Å². The van der Waals surface area contributed by atoms with Crippen molar-refractivity contribution < 1.29 is 14.4 Å². The van der Waals surface area contributed by atoms with E-state index >= 15 is 0 Å². The second-order valence-electron chi connectivity index (χ2n) is 4.54. The zero-order valence-corrected chi connectivity index (χ0v) is 12.1. The number of hydrogen-bond donors (Lipinski definition) is 2. The number of likely N-dealkylation sites (N-methyl/N-ethyl adjacent to an activating group) is 1. The first-order valence-corrected chi connectivity index (χ1v) is 6.57. The molecular formula is C13H14N4O3S. The Bertz CT molecular complexity index is 605. The number of nitrogens with one attached hydrogen (secondary N) is 1. The minimum Gasteiger partial charge on any atom is -0.370 e. The number of hydrazine groups is 1. The zero-order chi connectivity index (χ0) is 15.6. The van der Waals surface area contributed by atoms with E-state index in [1.54, 1.807) is 30.3 Å². The predicted octanol–water partition coefficient (Wildman–Crippen LogP) is -0.366. The molecule has 1 heterocycles. The molecule has 1 atom stereocenters. The molecule has 21 heavy (non-hydrogen) atoms. The zero-order valence-electron chi connectivity index (χ0n) is 11.3. The van der Waals surface area contributed by atoms with Crippen LogP contribution in [-0.2, 0) is 9.59 Å². The number of nitrogens with two attached hydrogens (primary N) is 1. The summed E-state index contributed by atoms with van der Waals surface area (Å²) in [6, 6.07) is 7.56. The van der Waals surface area contributed by atoms with Crippen LogP contribution >= 0.6 is 12.2 Å². The van der Waals surface area contributed by atoms with Gasteiger partial charge in [0.15, 0.2) is 5.11 Å². The van der Waals surface area contributed by atoms with Crippen LogP contribution in [-0.4, -0.2) is 45.8 Å². The van der Waals surface area contributed by atoms with Gasteiger partial charge < -0.3 is 5.73 Å². The highest BCUT2D eigenvalue weighted by Gasteiger charge is 2.42. The molecule has 0 spiro atoms. The molecule has 3 amide bonds. The molecule has 1 aliphatic heterocycles. The minimum absolute atomic E-state index is 0.121. The van der Waals surface area contributed by atoms with Crippen molar-refractivity contribution in [3.05, 3.63) is 35.9 Å². The summed E-state index contributed by atoms with van der Waals surface area (Å²) in [5.41, 5.74) is 8.10. The lowest BCUT2D eigenvalue weighted by atomic mass is 10.2. The fraction of sp³-hybridized carbons (Fsp3) is 0.231. The molecule has 1 aliphatic rings. The predicted molar refractivity (Wildman–Crippen MR) is 78.7 cm³/mol. The number of benzene rings is 1. The van der Waals surface area contributed by atoms with Gasteiger partial charge in [0.05, 0.1) is 6.42 Å². The Kier molecular flexibility index (Phi) is 4.18. The van der Waals surface area contributed by atoms with E-state index in [1.807, 2.05) is 0 Å². The number of thiocarbonyl (C=S) groups is 1. The van der Waals surface area contributed by atoms with Gasteiger partial charge in [-0.2, -0.15) is 0 Å². The molecule has 2 rings (SSSR count). The van der Waals surface area contributed by atoms with Crippen LogP contribution in [0.1, 0.15) is 16.8 Å². The first-order valence-electron chi connectivity index (χ1n) is 6.17. The average Bonchev–Trinajstić information content (AvgIpc) is 2.65. The monoisotopic (exact) mass is 306 g/mol. The van der Waals surface area contributed by atoms with Crippen molar-refractivity contribution in [2.45, 2.75) is 12.5 Å². The first-order chi connectivity index (χ1) is 9.91. The molecule has 0 aromatic heterocycles. The Hall–Kier alpha value is -2.48. The quantitative estimate of drug-likeness (QED) is 0.740. The van der Waals surface area contributed by atoms with Gasteiger partial charge in [-0.05, 0) is 24.4 Å². The molecule has 0 aliphatic carbocycles. The lowest BCUT2D eigenvalue weighted by Gasteiger charge is -2.23. The molecule has 110 valence electrons. The summed E-state index contributed by atoms with van der Waals surface area (Å²) in [6.45, 7) is 0. The van der Waals surface area contributed by atoms with Crippen LogP contribution in [0.25, 0.3) is 0 Å². The van der Waals surface area contributed by atoms with E-state index in [4.69, 9.17) is 18.0 Å². The van der Waals surface area contributed by atoms with Crippen molar-refractivity contribution in [2.24, 2.45) is 5.73 Å². The molecule has 8 heteroatoms. The summed E-state index contributed by atoms with van der Waals surface area (Å²) in [5, 5.41) is 1.33. The maximum Gasteiger partial charge on any atom is 0.269 e. The Balaban J connectivity index is 2.19.